The standard InChI is InChI=1S/C33H26F3N3O3/c34-33(35,36)23-10-4-11-24(21-23)39-31(41)27-13-5-12-25-26(14-15-28(29(25)27)32(39)42)30(40)38-19-17-37(18-20-38)16-6-9-22-7-2-1-3-8-22/h1-15,21H,16-20H2/b9-6+. The number of benzene rings is 4. The van der Waals surface area contributed by atoms with Crippen molar-refractivity contribution in [1.82, 2.24) is 9.80 Å². The van der Waals surface area contributed by atoms with Crippen LogP contribution in [0.15, 0.2) is 91.0 Å². The zero-order valence-corrected chi connectivity index (χ0v) is 22.5. The Balaban J connectivity index is 1.23. The number of anilines is 1. The molecule has 0 atom stereocenters. The summed E-state index contributed by atoms with van der Waals surface area (Å²) < 4.78 is 40.0. The molecule has 2 aliphatic rings. The number of nitrogens with zero attached hydrogens (tertiary/aromatic N) is 3. The van der Waals surface area contributed by atoms with Crippen molar-refractivity contribution in [1.29, 1.82) is 0 Å². The highest BCUT2D eigenvalue weighted by Gasteiger charge is 2.37. The summed E-state index contributed by atoms with van der Waals surface area (Å²) in [7, 11) is 0. The van der Waals surface area contributed by atoms with Gasteiger partial charge in [-0.25, -0.2) is 4.90 Å². The Morgan fingerprint density at radius 3 is 2.19 bits per heavy atom. The van der Waals surface area contributed by atoms with Crippen molar-refractivity contribution in [3.63, 3.8) is 0 Å². The molecule has 42 heavy (non-hydrogen) atoms. The van der Waals surface area contributed by atoms with Gasteiger partial charge in [-0.15, -0.1) is 0 Å². The lowest BCUT2D eigenvalue weighted by atomic mass is 9.90. The SMILES string of the molecule is O=C(c1ccc2c3c(cccc13)C(=O)N(c1cccc(C(F)(F)F)c1)C2=O)N1CCN(C/C=C/c2ccccc2)CC1. The van der Waals surface area contributed by atoms with Crippen molar-refractivity contribution in [2.24, 2.45) is 0 Å². The molecule has 212 valence electrons. The van der Waals surface area contributed by atoms with Crippen LogP contribution in [0.4, 0.5) is 18.9 Å². The van der Waals surface area contributed by atoms with Crippen LogP contribution in [0.1, 0.15) is 42.2 Å². The van der Waals surface area contributed by atoms with Gasteiger partial charge in [-0.2, -0.15) is 13.2 Å². The molecule has 6 nitrogen and oxygen atoms in total. The van der Waals surface area contributed by atoms with E-state index in [1.165, 1.54) is 18.2 Å². The van der Waals surface area contributed by atoms with Crippen LogP contribution in [0, 0.1) is 0 Å². The largest absolute Gasteiger partial charge is 0.416 e. The van der Waals surface area contributed by atoms with Gasteiger partial charge in [0.05, 0.1) is 11.3 Å². The third kappa shape index (κ3) is 5.07. The average Bonchev–Trinajstić information content (AvgIpc) is 3.00. The van der Waals surface area contributed by atoms with Crippen molar-refractivity contribution in [2.75, 3.05) is 37.6 Å². The zero-order chi connectivity index (χ0) is 29.4. The fourth-order valence-corrected chi connectivity index (χ4v) is 5.54. The molecule has 2 heterocycles. The molecule has 4 aromatic carbocycles. The monoisotopic (exact) mass is 569 g/mol. The van der Waals surface area contributed by atoms with Gasteiger partial charge in [-0.05, 0) is 47.3 Å². The van der Waals surface area contributed by atoms with Gasteiger partial charge in [0.15, 0.2) is 0 Å². The minimum atomic E-state index is -4.63. The summed E-state index contributed by atoms with van der Waals surface area (Å²) in [5.41, 5.74) is 0.690. The van der Waals surface area contributed by atoms with Crippen molar-refractivity contribution >= 4 is 40.3 Å². The molecule has 4 aromatic rings. The third-order valence-corrected chi connectivity index (χ3v) is 7.70. The fraction of sp³-hybridized carbons (Fsp3) is 0.182. The van der Waals surface area contributed by atoms with Crippen LogP contribution in [0.5, 0.6) is 0 Å². The molecule has 0 unspecified atom stereocenters. The number of hydrogen-bond acceptors (Lipinski definition) is 4. The highest BCUT2D eigenvalue weighted by atomic mass is 19.4. The number of rotatable bonds is 5. The summed E-state index contributed by atoms with van der Waals surface area (Å²) in [6.45, 7) is 3.24. The summed E-state index contributed by atoms with van der Waals surface area (Å²) in [4.78, 5) is 45.4. The first-order valence-electron chi connectivity index (χ1n) is 13.6. The van der Waals surface area contributed by atoms with E-state index in [0.29, 0.717) is 42.5 Å². The lowest BCUT2D eigenvalue weighted by Crippen LogP contribution is -2.48. The highest BCUT2D eigenvalue weighted by Crippen LogP contribution is 2.37. The predicted molar refractivity (Wildman–Crippen MR) is 154 cm³/mol. The van der Waals surface area contributed by atoms with Gasteiger partial charge in [-0.3, -0.25) is 19.3 Å². The molecule has 0 spiro atoms. The molecule has 0 radical (unpaired) electrons. The predicted octanol–water partition coefficient (Wildman–Crippen LogP) is 6.13. The second-order valence-corrected chi connectivity index (χ2v) is 10.3. The maximum Gasteiger partial charge on any atom is 0.416 e. The molecule has 2 aliphatic heterocycles. The molecule has 6 rings (SSSR count). The molecule has 1 saturated heterocycles. The minimum absolute atomic E-state index is 0.157. The molecule has 0 saturated carbocycles. The molecular formula is C33H26F3N3O3. The number of alkyl halides is 3. The molecule has 0 N–H and O–H groups in total. The van der Waals surface area contributed by atoms with Crippen molar-refractivity contribution in [2.45, 2.75) is 6.18 Å². The average molecular weight is 570 g/mol. The second-order valence-electron chi connectivity index (χ2n) is 10.3. The van der Waals surface area contributed by atoms with Gasteiger partial charge < -0.3 is 4.90 Å². The van der Waals surface area contributed by atoms with E-state index in [-0.39, 0.29) is 22.7 Å². The quantitative estimate of drug-likeness (QED) is 0.272. The van der Waals surface area contributed by atoms with Crippen LogP contribution in [0.3, 0.4) is 0 Å². The third-order valence-electron chi connectivity index (χ3n) is 7.70. The molecule has 9 heteroatoms. The Kier molecular flexibility index (Phi) is 7.12. The Hall–Kier alpha value is -4.76. The van der Waals surface area contributed by atoms with E-state index in [2.05, 4.69) is 17.1 Å². The number of carbonyl (C=O) groups is 3. The van der Waals surface area contributed by atoms with E-state index in [4.69, 9.17) is 0 Å². The summed E-state index contributed by atoms with van der Waals surface area (Å²) >= 11 is 0. The van der Waals surface area contributed by atoms with Gasteiger partial charge in [0, 0.05) is 54.8 Å². The molecular weight excluding hydrogens is 543 g/mol. The van der Waals surface area contributed by atoms with Crippen LogP contribution in [-0.4, -0.2) is 60.2 Å². The van der Waals surface area contributed by atoms with Crippen LogP contribution in [-0.2, 0) is 6.18 Å². The van der Waals surface area contributed by atoms with Gasteiger partial charge in [-0.1, -0.05) is 60.7 Å². The van der Waals surface area contributed by atoms with Crippen LogP contribution >= 0.6 is 0 Å². The van der Waals surface area contributed by atoms with Gasteiger partial charge in [0.2, 0.25) is 0 Å². The first-order valence-corrected chi connectivity index (χ1v) is 13.6. The first kappa shape index (κ1) is 27.4. The normalized spacial score (nSPS) is 16.1. The number of piperazine rings is 1. The van der Waals surface area contributed by atoms with Crippen molar-refractivity contribution in [3.8, 4) is 0 Å². The lowest BCUT2D eigenvalue weighted by molar-refractivity contribution is -0.137. The van der Waals surface area contributed by atoms with E-state index in [0.717, 1.165) is 35.2 Å². The Bertz CT molecular complexity index is 1700. The Morgan fingerprint density at radius 1 is 0.786 bits per heavy atom. The molecule has 1 fully saturated rings. The molecule has 0 bridgehead atoms. The van der Waals surface area contributed by atoms with E-state index >= 15 is 0 Å². The maximum atomic E-state index is 13.6. The smallest absolute Gasteiger partial charge is 0.336 e. The number of hydrogen-bond donors (Lipinski definition) is 0. The second kappa shape index (κ2) is 10.9. The minimum Gasteiger partial charge on any atom is -0.336 e. The van der Waals surface area contributed by atoms with Gasteiger partial charge in [0.1, 0.15) is 0 Å². The Labute approximate surface area is 240 Å². The fourth-order valence-electron chi connectivity index (χ4n) is 5.54. The maximum absolute atomic E-state index is 13.6. The number of carbonyl (C=O) groups excluding carboxylic acids is 3. The van der Waals surface area contributed by atoms with E-state index in [1.54, 1.807) is 23.1 Å². The lowest BCUT2D eigenvalue weighted by Gasteiger charge is -2.34. The number of imide groups is 1. The first-order chi connectivity index (χ1) is 20.2. The molecule has 0 aliphatic carbocycles. The van der Waals surface area contributed by atoms with Gasteiger partial charge >= 0.3 is 6.18 Å². The van der Waals surface area contributed by atoms with E-state index in [9.17, 15) is 27.6 Å². The van der Waals surface area contributed by atoms with Crippen molar-refractivity contribution < 1.29 is 27.6 Å². The molecule has 0 aromatic heterocycles. The summed E-state index contributed by atoms with van der Waals surface area (Å²) in [6, 6.07) is 22.1. The topological polar surface area (TPSA) is 60.9 Å². The number of amides is 3. The summed E-state index contributed by atoms with van der Waals surface area (Å²) in [6.07, 6.45) is -0.450. The summed E-state index contributed by atoms with van der Waals surface area (Å²) in [5, 5.41) is 0.805. The zero-order valence-electron chi connectivity index (χ0n) is 22.5. The molecule has 3 amide bonds. The van der Waals surface area contributed by atoms with Crippen LogP contribution in [0.25, 0.3) is 16.8 Å². The van der Waals surface area contributed by atoms with Crippen LogP contribution in [0.2, 0.25) is 0 Å². The van der Waals surface area contributed by atoms with Crippen molar-refractivity contribution in [3.05, 3.63) is 119 Å². The summed E-state index contributed by atoms with van der Waals surface area (Å²) in [5.74, 6) is -1.67. The number of halogens is 3. The van der Waals surface area contributed by atoms with E-state index in [1.807, 2.05) is 30.3 Å². The van der Waals surface area contributed by atoms with Gasteiger partial charge in [0.25, 0.3) is 17.7 Å². The van der Waals surface area contributed by atoms with E-state index < -0.39 is 23.6 Å². The highest BCUT2D eigenvalue weighted by molar-refractivity contribution is 6.36. The Morgan fingerprint density at radius 2 is 1.48 bits per heavy atom. The van der Waals surface area contributed by atoms with Crippen LogP contribution < -0.4 is 4.90 Å².